The number of piperidine rings is 1. The van der Waals surface area contributed by atoms with Crippen LogP contribution in [0.25, 0.3) is 0 Å². The van der Waals surface area contributed by atoms with E-state index >= 15 is 0 Å². The highest BCUT2D eigenvalue weighted by molar-refractivity contribution is 5.78. The average Bonchev–Trinajstić information content (AvgIpc) is 3.04. The zero-order valence-corrected chi connectivity index (χ0v) is 18.9. The fourth-order valence-electron chi connectivity index (χ4n) is 4.25. The van der Waals surface area contributed by atoms with Gasteiger partial charge in [-0.2, -0.15) is 5.10 Å². The molecule has 1 atom stereocenters. The van der Waals surface area contributed by atoms with E-state index in [0.29, 0.717) is 25.8 Å². The molecular formula is C24H33N5O3. The van der Waals surface area contributed by atoms with Crippen molar-refractivity contribution in [2.75, 3.05) is 38.2 Å². The van der Waals surface area contributed by atoms with Crippen LogP contribution in [0.5, 0.6) is 11.5 Å². The summed E-state index contributed by atoms with van der Waals surface area (Å²) in [6.45, 7) is 7.72. The van der Waals surface area contributed by atoms with Crippen LogP contribution < -0.4 is 20.1 Å². The molecule has 0 spiro atoms. The molecule has 1 amide bonds. The first-order valence-corrected chi connectivity index (χ1v) is 11.5. The number of amides is 1. The van der Waals surface area contributed by atoms with Gasteiger partial charge >= 0.3 is 0 Å². The SMILES string of the molecule is CC(C)C(NC(=O)CN1CCC(Nc2cccnn2)CC1)c1ccc2c(c1)OCCCO2. The number of anilines is 1. The number of rotatable bonds is 7. The van der Waals surface area contributed by atoms with E-state index in [-0.39, 0.29) is 17.9 Å². The Morgan fingerprint density at radius 3 is 2.66 bits per heavy atom. The van der Waals surface area contributed by atoms with Gasteiger partial charge in [0.1, 0.15) is 5.82 Å². The normalized spacial score (nSPS) is 18.1. The van der Waals surface area contributed by atoms with Crippen molar-refractivity contribution in [2.24, 2.45) is 5.92 Å². The van der Waals surface area contributed by atoms with Crippen LogP contribution >= 0.6 is 0 Å². The molecule has 0 radical (unpaired) electrons. The molecule has 1 aromatic heterocycles. The first-order valence-electron chi connectivity index (χ1n) is 11.5. The molecule has 2 aromatic rings. The lowest BCUT2D eigenvalue weighted by molar-refractivity contribution is -0.123. The number of hydrogen-bond donors (Lipinski definition) is 2. The Balaban J connectivity index is 1.30. The van der Waals surface area contributed by atoms with Gasteiger partial charge in [0.2, 0.25) is 5.91 Å². The molecule has 172 valence electrons. The van der Waals surface area contributed by atoms with Crippen molar-refractivity contribution >= 4 is 11.7 Å². The van der Waals surface area contributed by atoms with Gasteiger partial charge in [0.15, 0.2) is 11.5 Å². The van der Waals surface area contributed by atoms with Gasteiger partial charge in [-0.25, -0.2) is 0 Å². The molecule has 3 heterocycles. The van der Waals surface area contributed by atoms with Crippen LogP contribution in [0.2, 0.25) is 0 Å². The van der Waals surface area contributed by atoms with Crippen molar-refractivity contribution in [1.29, 1.82) is 0 Å². The van der Waals surface area contributed by atoms with Crippen molar-refractivity contribution < 1.29 is 14.3 Å². The molecule has 0 aliphatic carbocycles. The molecule has 8 heteroatoms. The second-order valence-electron chi connectivity index (χ2n) is 8.85. The lowest BCUT2D eigenvalue weighted by Gasteiger charge is -2.32. The smallest absolute Gasteiger partial charge is 0.234 e. The number of hydrogen-bond acceptors (Lipinski definition) is 7. The molecule has 2 aliphatic heterocycles. The van der Waals surface area contributed by atoms with Gasteiger partial charge in [-0.15, -0.1) is 5.10 Å². The Hall–Kier alpha value is -2.87. The van der Waals surface area contributed by atoms with Gasteiger partial charge in [-0.1, -0.05) is 19.9 Å². The van der Waals surface area contributed by atoms with Crippen LogP contribution in [0.1, 0.15) is 44.7 Å². The number of nitrogens with zero attached hydrogens (tertiary/aromatic N) is 3. The topological polar surface area (TPSA) is 88.6 Å². The zero-order valence-electron chi connectivity index (χ0n) is 18.9. The molecule has 32 heavy (non-hydrogen) atoms. The van der Waals surface area contributed by atoms with Crippen molar-refractivity contribution in [2.45, 2.75) is 45.2 Å². The van der Waals surface area contributed by atoms with E-state index in [2.05, 4.69) is 39.6 Å². The number of aromatic nitrogens is 2. The molecule has 2 aliphatic rings. The van der Waals surface area contributed by atoms with E-state index in [1.165, 1.54) is 0 Å². The van der Waals surface area contributed by atoms with Gasteiger partial charge in [0, 0.05) is 31.7 Å². The third-order valence-corrected chi connectivity index (χ3v) is 5.99. The van der Waals surface area contributed by atoms with Crippen molar-refractivity contribution in [1.82, 2.24) is 20.4 Å². The summed E-state index contributed by atoms with van der Waals surface area (Å²) in [7, 11) is 0. The van der Waals surface area contributed by atoms with Gasteiger partial charge < -0.3 is 20.1 Å². The number of carbonyl (C=O) groups is 1. The van der Waals surface area contributed by atoms with E-state index in [0.717, 1.165) is 55.2 Å². The highest BCUT2D eigenvalue weighted by Crippen LogP contribution is 2.34. The molecule has 1 saturated heterocycles. The number of benzene rings is 1. The Morgan fingerprint density at radius 2 is 1.94 bits per heavy atom. The van der Waals surface area contributed by atoms with Gasteiger partial charge in [-0.05, 0) is 48.6 Å². The maximum atomic E-state index is 12.9. The Bertz CT molecular complexity index is 884. The molecule has 2 N–H and O–H groups in total. The van der Waals surface area contributed by atoms with Crippen LogP contribution in [0.3, 0.4) is 0 Å². The van der Waals surface area contributed by atoms with Crippen LogP contribution in [0.15, 0.2) is 36.5 Å². The summed E-state index contributed by atoms with van der Waals surface area (Å²) in [6, 6.07) is 10.1. The molecule has 4 rings (SSSR count). The second kappa shape index (κ2) is 10.6. The molecule has 1 unspecified atom stereocenters. The van der Waals surface area contributed by atoms with Crippen LogP contribution in [-0.2, 0) is 4.79 Å². The summed E-state index contributed by atoms with van der Waals surface area (Å²) in [6.07, 6.45) is 4.49. The molecular weight excluding hydrogens is 406 g/mol. The van der Waals surface area contributed by atoms with E-state index in [1.807, 2.05) is 30.3 Å². The van der Waals surface area contributed by atoms with Crippen LogP contribution in [0.4, 0.5) is 5.82 Å². The minimum Gasteiger partial charge on any atom is -0.490 e. The van der Waals surface area contributed by atoms with Gasteiger partial charge in [0.25, 0.3) is 0 Å². The lowest BCUT2D eigenvalue weighted by Crippen LogP contribution is -2.45. The number of nitrogens with one attached hydrogen (secondary N) is 2. The summed E-state index contributed by atoms with van der Waals surface area (Å²) < 4.78 is 11.6. The van der Waals surface area contributed by atoms with E-state index < -0.39 is 0 Å². The standard InChI is InChI=1S/C24H33N5O3/c1-17(2)24(18-6-7-20-21(15-18)32-14-4-13-31-20)27-23(30)16-29-11-8-19(9-12-29)26-22-5-3-10-25-28-22/h3,5-7,10,15,17,19,24H,4,8-9,11-14,16H2,1-2H3,(H,26,28)(H,27,30). The number of carbonyl (C=O) groups excluding carboxylic acids is 1. The predicted octanol–water partition coefficient (Wildman–Crippen LogP) is 3.03. The van der Waals surface area contributed by atoms with Crippen LogP contribution in [-0.4, -0.2) is 59.9 Å². The van der Waals surface area contributed by atoms with E-state index in [4.69, 9.17) is 9.47 Å². The van der Waals surface area contributed by atoms with Crippen LogP contribution in [0, 0.1) is 5.92 Å². The summed E-state index contributed by atoms with van der Waals surface area (Å²) in [5.41, 5.74) is 1.05. The quantitative estimate of drug-likeness (QED) is 0.685. The third kappa shape index (κ3) is 5.88. The van der Waals surface area contributed by atoms with E-state index in [9.17, 15) is 4.79 Å². The Labute approximate surface area is 189 Å². The second-order valence-corrected chi connectivity index (χ2v) is 8.85. The highest BCUT2D eigenvalue weighted by Gasteiger charge is 2.24. The number of likely N-dealkylation sites (tertiary alicyclic amines) is 1. The first-order chi connectivity index (χ1) is 15.6. The maximum Gasteiger partial charge on any atom is 0.234 e. The largest absolute Gasteiger partial charge is 0.490 e. The van der Waals surface area contributed by atoms with Crippen molar-refractivity contribution in [3.63, 3.8) is 0 Å². The summed E-state index contributed by atoms with van der Waals surface area (Å²) in [5.74, 6) is 2.65. The summed E-state index contributed by atoms with van der Waals surface area (Å²) in [5, 5.41) is 14.7. The zero-order chi connectivity index (χ0) is 22.3. The Kier molecular flexibility index (Phi) is 7.42. The predicted molar refractivity (Wildman–Crippen MR) is 123 cm³/mol. The fourth-order valence-corrected chi connectivity index (χ4v) is 4.25. The minimum absolute atomic E-state index is 0.0520. The Morgan fingerprint density at radius 1 is 1.16 bits per heavy atom. The van der Waals surface area contributed by atoms with Crippen molar-refractivity contribution in [3.8, 4) is 11.5 Å². The lowest BCUT2D eigenvalue weighted by atomic mass is 9.95. The van der Waals surface area contributed by atoms with Gasteiger partial charge in [-0.3, -0.25) is 9.69 Å². The summed E-state index contributed by atoms with van der Waals surface area (Å²) in [4.78, 5) is 15.1. The third-order valence-electron chi connectivity index (χ3n) is 5.99. The molecule has 0 saturated carbocycles. The molecule has 0 bridgehead atoms. The molecule has 1 fully saturated rings. The highest BCUT2D eigenvalue weighted by atomic mass is 16.5. The molecule has 8 nitrogen and oxygen atoms in total. The number of ether oxygens (including phenoxy) is 2. The number of fused-ring (bicyclic) bond motifs is 1. The monoisotopic (exact) mass is 439 g/mol. The summed E-state index contributed by atoms with van der Waals surface area (Å²) >= 11 is 0. The molecule has 1 aromatic carbocycles. The first kappa shape index (κ1) is 22.3. The van der Waals surface area contributed by atoms with E-state index in [1.54, 1.807) is 6.20 Å². The maximum absolute atomic E-state index is 12.9. The fraction of sp³-hybridized carbons (Fsp3) is 0.542. The average molecular weight is 440 g/mol. The van der Waals surface area contributed by atoms with Gasteiger partial charge in [0.05, 0.1) is 25.8 Å². The van der Waals surface area contributed by atoms with Crippen molar-refractivity contribution in [3.05, 3.63) is 42.1 Å². The minimum atomic E-state index is -0.0736.